The number of carbonyl (C=O) groups excluding carboxylic acids is 2. The molecule has 0 saturated carbocycles. The number of aryl methyl sites for hydroxylation is 2. The molecule has 0 aliphatic rings. The van der Waals surface area contributed by atoms with Crippen LogP contribution >= 0.6 is 0 Å². The normalized spacial score (nSPS) is 11.1. The average molecular weight is 428 g/mol. The molecular formula is C26H25N3O3. The van der Waals surface area contributed by atoms with Crippen molar-refractivity contribution in [2.45, 2.75) is 27.7 Å². The van der Waals surface area contributed by atoms with E-state index < -0.39 is 11.9 Å². The topological polar surface area (TPSA) is 84.1 Å². The number of ether oxygens (including phenoxy) is 1. The van der Waals surface area contributed by atoms with E-state index in [1.807, 2.05) is 68.7 Å². The molecule has 1 amide bonds. The van der Waals surface area contributed by atoms with Crippen molar-refractivity contribution >= 4 is 23.6 Å². The van der Waals surface area contributed by atoms with Crippen LogP contribution in [-0.2, 0) is 9.53 Å². The molecule has 6 heteroatoms. The van der Waals surface area contributed by atoms with Crippen molar-refractivity contribution in [2.24, 2.45) is 0 Å². The zero-order valence-electron chi connectivity index (χ0n) is 18.8. The average Bonchev–Trinajstić information content (AvgIpc) is 3.04. The maximum Gasteiger partial charge on any atom is 0.338 e. The number of anilines is 1. The number of rotatable bonds is 5. The van der Waals surface area contributed by atoms with Crippen LogP contribution < -0.4 is 5.32 Å². The Balaban J connectivity index is 2.00. The first-order valence-electron chi connectivity index (χ1n) is 10.1. The first-order valence-corrected chi connectivity index (χ1v) is 10.1. The maximum absolute atomic E-state index is 12.7. The molecule has 0 fully saturated rings. The summed E-state index contributed by atoms with van der Waals surface area (Å²) >= 11 is 0. The number of aromatic nitrogens is 1. The number of hydrogen-bond acceptors (Lipinski definition) is 4. The standard InChI is InChI=1S/C26H25N3O3/c1-16-8-6-9-22(12-16)28-25(30)21(15-27)14-20-13-17(2)29(19(20)4)24-11-7-10-23(18(24)3)26(31)32-5/h6-14H,1-5H3,(H,28,30)/b21-14-. The van der Waals surface area contributed by atoms with E-state index >= 15 is 0 Å². The summed E-state index contributed by atoms with van der Waals surface area (Å²) in [5.74, 6) is -0.863. The number of methoxy groups -OCH3 is 1. The second kappa shape index (κ2) is 9.36. The number of nitriles is 1. The summed E-state index contributed by atoms with van der Waals surface area (Å²) in [7, 11) is 1.36. The second-order valence-corrected chi connectivity index (χ2v) is 7.60. The molecule has 0 aliphatic carbocycles. The van der Waals surface area contributed by atoms with Crippen LogP contribution in [0.4, 0.5) is 5.69 Å². The molecule has 1 aromatic heterocycles. The van der Waals surface area contributed by atoms with Gasteiger partial charge in [-0.05, 0) is 80.8 Å². The van der Waals surface area contributed by atoms with E-state index in [9.17, 15) is 14.9 Å². The van der Waals surface area contributed by atoms with Gasteiger partial charge in [-0.1, -0.05) is 18.2 Å². The largest absolute Gasteiger partial charge is 0.465 e. The fraction of sp³-hybridized carbons (Fsp3) is 0.192. The molecule has 0 atom stereocenters. The van der Waals surface area contributed by atoms with Crippen LogP contribution in [-0.4, -0.2) is 23.6 Å². The molecule has 0 radical (unpaired) electrons. The van der Waals surface area contributed by atoms with E-state index in [-0.39, 0.29) is 5.57 Å². The van der Waals surface area contributed by atoms with Crippen molar-refractivity contribution in [1.29, 1.82) is 5.26 Å². The van der Waals surface area contributed by atoms with Gasteiger partial charge in [0.05, 0.1) is 12.7 Å². The van der Waals surface area contributed by atoms with Gasteiger partial charge in [0.25, 0.3) is 5.91 Å². The Bertz CT molecular complexity index is 1280. The van der Waals surface area contributed by atoms with Crippen LogP contribution in [0.3, 0.4) is 0 Å². The summed E-state index contributed by atoms with van der Waals surface area (Å²) < 4.78 is 6.89. The van der Waals surface area contributed by atoms with Crippen molar-refractivity contribution in [3.8, 4) is 11.8 Å². The van der Waals surface area contributed by atoms with E-state index in [2.05, 4.69) is 5.32 Å². The van der Waals surface area contributed by atoms with Gasteiger partial charge in [0.15, 0.2) is 0 Å². The van der Waals surface area contributed by atoms with Gasteiger partial charge in [-0.2, -0.15) is 5.26 Å². The highest BCUT2D eigenvalue weighted by Crippen LogP contribution is 2.27. The van der Waals surface area contributed by atoms with Crippen LogP contribution in [0.1, 0.15) is 38.4 Å². The first-order chi connectivity index (χ1) is 15.3. The van der Waals surface area contributed by atoms with Crippen LogP contribution in [0, 0.1) is 39.0 Å². The monoisotopic (exact) mass is 427 g/mol. The number of nitrogens with zero attached hydrogens (tertiary/aromatic N) is 2. The number of carbonyl (C=O) groups is 2. The maximum atomic E-state index is 12.7. The van der Waals surface area contributed by atoms with Crippen LogP contribution in [0.15, 0.2) is 54.1 Å². The molecule has 0 spiro atoms. The molecule has 2 aromatic carbocycles. The molecular weight excluding hydrogens is 402 g/mol. The molecule has 0 unspecified atom stereocenters. The lowest BCUT2D eigenvalue weighted by molar-refractivity contribution is -0.112. The molecule has 0 saturated heterocycles. The van der Waals surface area contributed by atoms with Crippen LogP contribution in [0.2, 0.25) is 0 Å². The van der Waals surface area contributed by atoms with Gasteiger partial charge in [0.2, 0.25) is 0 Å². The first kappa shape index (κ1) is 22.6. The van der Waals surface area contributed by atoms with E-state index in [1.54, 1.807) is 24.3 Å². The molecule has 3 aromatic rings. The van der Waals surface area contributed by atoms with E-state index in [4.69, 9.17) is 4.74 Å². The lowest BCUT2D eigenvalue weighted by atomic mass is 10.1. The summed E-state index contributed by atoms with van der Waals surface area (Å²) in [6, 6.07) is 16.8. The Kier molecular flexibility index (Phi) is 6.60. The summed E-state index contributed by atoms with van der Waals surface area (Å²) in [6.45, 7) is 7.65. The van der Waals surface area contributed by atoms with Crippen molar-refractivity contribution in [3.63, 3.8) is 0 Å². The zero-order chi connectivity index (χ0) is 23.4. The Labute approximate surface area is 187 Å². The SMILES string of the molecule is COC(=O)c1cccc(-n2c(C)cc(/C=C(/C#N)C(=O)Nc3cccc(C)c3)c2C)c1C. The van der Waals surface area contributed by atoms with Gasteiger partial charge in [-0.25, -0.2) is 4.79 Å². The molecule has 32 heavy (non-hydrogen) atoms. The third-order valence-electron chi connectivity index (χ3n) is 5.36. The third kappa shape index (κ3) is 4.47. The highest BCUT2D eigenvalue weighted by atomic mass is 16.5. The summed E-state index contributed by atoms with van der Waals surface area (Å²) in [5, 5.41) is 12.4. The third-order valence-corrected chi connectivity index (χ3v) is 5.36. The van der Waals surface area contributed by atoms with Crippen LogP contribution in [0.5, 0.6) is 0 Å². The highest BCUT2D eigenvalue weighted by molar-refractivity contribution is 6.09. The van der Waals surface area contributed by atoms with Crippen molar-refractivity contribution < 1.29 is 14.3 Å². The highest BCUT2D eigenvalue weighted by Gasteiger charge is 2.18. The van der Waals surface area contributed by atoms with Gasteiger partial charge in [-0.3, -0.25) is 4.79 Å². The predicted octanol–water partition coefficient (Wildman–Crippen LogP) is 5.04. The van der Waals surface area contributed by atoms with Gasteiger partial charge in [-0.15, -0.1) is 0 Å². The predicted molar refractivity (Wildman–Crippen MR) is 125 cm³/mol. The van der Waals surface area contributed by atoms with Crippen LogP contribution in [0.25, 0.3) is 11.8 Å². The minimum Gasteiger partial charge on any atom is -0.465 e. The van der Waals surface area contributed by atoms with E-state index in [1.165, 1.54) is 7.11 Å². The van der Waals surface area contributed by atoms with Gasteiger partial charge in [0, 0.05) is 22.8 Å². The molecule has 0 aliphatic heterocycles. The number of amides is 1. The van der Waals surface area contributed by atoms with Crippen molar-refractivity contribution in [1.82, 2.24) is 4.57 Å². The summed E-state index contributed by atoms with van der Waals surface area (Å²) in [5.41, 5.74) is 6.28. The number of esters is 1. The number of benzene rings is 2. The molecule has 1 N–H and O–H groups in total. The van der Waals surface area contributed by atoms with E-state index in [0.717, 1.165) is 33.8 Å². The van der Waals surface area contributed by atoms with Crippen molar-refractivity contribution in [3.05, 3.63) is 87.7 Å². The Morgan fingerprint density at radius 3 is 2.44 bits per heavy atom. The summed E-state index contributed by atoms with van der Waals surface area (Å²) in [6.07, 6.45) is 1.59. The minimum absolute atomic E-state index is 0.00629. The summed E-state index contributed by atoms with van der Waals surface area (Å²) in [4.78, 5) is 24.8. The Hall–Kier alpha value is -4.11. The smallest absolute Gasteiger partial charge is 0.338 e. The minimum atomic E-state index is -0.466. The van der Waals surface area contributed by atoms with E-state index in [0.29, 0.717) is 11.3 Å². The van der Waals surface area contributed by atoms with Crippen molar-refractivity contribution in [2.75, 3.05) is 12.4 Å². The lowest BCUT2D eigenvalue weighted by Gasteiger charge is -2.15. The molecule has 3 rings (SSSR count). The zero-order valence-corrected chi connectivity index (χ0v) is 18.8. The Morgan fingerprint density at radius 1 is 1.06 bits per heavy atom. The number of nitrogens with one attached hydrogen (secondary N) is 1. The molecule has 0 bridgehead atoms. The quantitative estimate of drug-likeness (QED) is 0.351. The van der Waals surface area contributed by atoms with Gasteiger partial charge < -0.3 is 14.6 Å². The number of hydrogen-bond donors (Lipinski definition) is 1. The second-order valence-electron chi connectivity index (χ2n) is 7.60. The molecule has 162 valence electrons. The van der Waals surface area contributed by atoms with Gasteiger partial charge in [0.1, 0.15) is 11.6 Å². The molecule has 1 heterocycles. The Morgan fingerprint density at radius 2 is 1.78 bits per heavy atom. The lowest BCUT2D eigenvalue weighted by Crippen LogP contribution is -2.13. The fourth-order valence-electron chi connectivity index (χ4n) is 3.73. The van der Waals surface area contributed by atoms with Gasteiger partial charge >= 0.3 is 5.97 Å². The fourth-order valence-corrected chi connectivity index (χ4v) is 3.73. The molecule has 6 nitrogen and oxygen atoms in total.